The summed E-state index contributed by atoms with van der Waals surface area (Å²) in [6.07, 6.45) is 6.86. The summed E-state index contributed by atoms with van der Waals surface area (Å²) in [5, 5.41) is 1.41. The monoisotopic (exact) mass is 508 g/mol. The number of hydrogen-bond acceptors (Lipinski definition) is 6. The summed E-state index contributed by atoms with van der Waals surface area (Å²) >= 11 is 0. The van der Waals surface area contributed by atoms with Crippen LogP contribution in [-0.2, 0) is 24.2 Å². The molecule has 5 rings (SSSR count). The number of sulfonamides is 1. The van der Waals surface area contributed by atoms with Crippen molar-refractivity contribution in [3.8, 4) is 0 Å². The Morgan fingerprint density at radius 2 is 1.81 bits per heavy atom. The third kappa shape index (κ3) is 4.54. The molecule has 0 fully saturated rings. The Hall–Kier alpha value is -3.85. The van der Waals surface area contributed by atoms with Crippen molar-refractivity contribution in [2.75, 3.05) is 14.2 Å². The first kappa shape index (κ1) is 23.9. The van der Waals surface area contributed by atoms with Crippen LogP contribution < -0.4 is 4.72 Å². The van der Waals surface area contributed by atoms with Gasteiger partial charge in [-0.1, -0.05) is 36.4 Å². The number of ether oxygens (including phenoxy) is 3. The number of methoxy groups -OCH3 is 2. The summed E-state index contributed by atoms with van der Waals surface area (Å²) < 4.78 is 60.7. The molecule has 9 heteroatoms. The minimum absolute atomic E-state index is 0.0878. The number of alkyl halides is 1. The fraction of sp³-hybridized carbons (Fsp3) is 0.222. The molecule has 1 aliphatic heterocycles. The highest BCUT2D eigenvalue weighted by atomic mass is 32.2. The van der Waals surface area contributed by atoms with E-state index in [2.05, 4.69) is 9.71 Å². The topological polar surface area (TPSA) is 86.2 Å². The van der Waals surface area contributed by atoms with Crippen molar-refractivity contribution in [2.45, 2.75) is 30.0 Å². The summed E-state index contributed by atoms with van der Waals surface area (Å²) in [4.78, 5) is 4.60. The standard InChI is InChI=1S/C27H25FN2O5S/c1-33-25-15-20-22(16-26(25)34-2)29-13-12-23(20)35-24-11-10-18(14-21(24)28)30-36(31,32)27-9-5-7-17-6-3-4-8-19(17)27/h3-13,15,21-22,30H,14,16H2,1-2H3. The molecular weight excluding hydrogens is 483 g/mol. The first-order valence-electron chi connectivity index (χ1n) is 11.4. The van der Waals surface area contributed by atoms with Gasteiger partial charge in [-0.15, -0.1) is 0 Å². The Morgan fingerprint density at radius 1 is 1.00 bits per heavy atom. The molecule has 0 bridgehead atoms. The van der Waals surface area contributed by atoms with E-state index in [0.717, 1.165) is 11.0 Å². The van der Waals surface area contributed by atoms with Gasteiger partial charge >= 0.3 is 0 Å². The van der Waals surface area contributed by atoms with Crippen LogP contribution in [0, 0.1) is 0 Å². The average Bonchev–Trinajstić information content (AvgIpc) is 2.89. The smallest absolute Gasteiger partial charge is 0.262 e. The Bertz CT molecular complexity index is 1500. The largest absolute Gasteiger partial charge is 0.497 e. The molecule has 2 atom stereocenters. The first-order valence-corrected chi connectivity index (χ1v) is 12.9. The highest BCUT2D eigenvalue weighted by molar-refractivity contribution is 7.89. The molecule has 36 heavy (non-hydrogen) atoms. The Morgan fingerprint density at radius 3 is 2.58 bits per heavy atom. The number of allylic oxidation sites excluding steroid dienone is 6. The second-order valence-electron chi connectivity index (χ2n) is 8.46. The summed E-state index contributed by atoms with van der Waals surface area (Å²) in [6, 6.07) is 12.1. The van der Waals surface area contributed by atoms with Gasteiger partial charge in [0.15, 0.2) is 11.9 Å². The van der Waals surface area contributed by atoms with Crippen molar-refractivity contribution < 1.29 is 27.0 Å². The number of rotatable bonds is 7. The van der Waals surface area contributed by atoms with E-state index < -0.39 is 16.2 Å². The van der Waals surface area contributed by atoms with Crippen molar-refractivity contribution in [3.63, 3.8) is 0 Å². The second-order valence-corrected chi connectivity index (χ2v) is 10.1. The molecule has 0 aromatic heterocycles. The number of dihydropyridines is 1. The first-order chi connectivity index (χ1) is 17.4. The third-order valence-corrected chi connectivity index (χ3v) is 7.70. The summed E-state index contributed by atoms with van der Waals surface area (Å²) in [5.74, 6) is 1.79. The van der Waals surface area contributed by atoms with Crippen LogP contribution in [0.5, 0.6) is 0 Å². The SMILES string of the molecule is COC1=C(OC)CC2N=CC=C(OC3=CC=C(NS(=O)(=O)c4cccc5ccccc45)CC3F)C2=C1. The van der Waals surface area contributed by atoms with Gasteiger partial charge in [0, 0.05) is 35.7 Å². The number of hydrogen-bond donors (Lipinski definition) is 1. The number of fused-ring (bicyclic) bond motifs is 2. The van der Waals surface area contributed by atoms with Crippen LogP contribution in [0.3, 0.4) is 0 Å². The maximum Gasteiger partial charge on any atom is 0.262 e. The lowest BCUT2D eigenvalue weighted by Gasteiger charge is -2.29. The highest BCUT2D eigenvalue weighted by Crippen LogP contribution is 2.36. The van der Waals surface area contributed by atoms with Crippen LogP contribution in [0.25, 0.3) is 10.8 Å². The summed E-state index contributed by atoms with van der Waals surface area (Å²) in [5.41, 5.74) is 1.00. The third-order valence-electron chi connectivity index (χ3n) is 6.23. The van der Waals surface area contributed by atoms with Gasteiger partial charge in [0.05, 0.1) is 25.2 Å². The second kappa shape index (κ2) is 9.66. The minimum atomic E-state index is -3.91. The van der Waals surface area contributed by atoms with Crippen LogP contribution in [0.4, 0.5) is 4.39 Å². The van der Waals surface area contributed by atoms with Gasteiger partial charge in [0.25, 0.3) is 10.0 Å². The van der Waals surface area contributed by atoms with Gasteiger partial charge in [-0.25, -0.2) is 12.8 Å². The van der Waals surface area contributed by atoms with Crippen LogP contribution in [0.15, 0.2) is 111 Å². The van der Waals surface area contributed by atoms with Gasteiger partial charge in [0.2, 0.25) is 0 Å². The molecular formula is C27H25FN2O5S. The van der Waals surface area contributed by atoms with Crippen molar-refractivity contribution >= 4 is 27.0 Å². The Labute approximate surface area is 209 Å². The van der Waals surface area contributed by atoms with Crippen LogP contribution in [0.2, 0.25) is 0 Å². The van der Waals surface area contributed by atoms with Crippen molar-refractivity contribution in [1.82, 2.24) is 4.72 Å². The molecule has 0 amide bonds. The quantitative estimate of drug-likeness (QED) is 0.580. The van der Waals surface area contributed by atoms with E-state index in [1.807, 2.05) is 18.2 Å². The zero-order valence-corrected chi connectivity index (χ0v) is 20.6. The van der Waals surface area contributed by atoms with Gasteiger partial charge in [-0.05, 0) is 35.8 Å². The predicted molar refractivity (Wildman–Crippen MR) is 135 cm³/mol. The van der Waals surface area contributed by atoms with E-state index in [1.165, 1.54) is 18.2 Å². The lowest BCUT2D eigenvalue weighted by Crippen LogP contribution is -2.28. The molecule has 1 N–H and O–H groups in total. The molecule has 0 saturated heterocycles. The maximum absolute atomic E-state index is 15.2. The number of aliphatic imine (C=N–C) groups is 1. The lowest BCUT2D eigenvalue weighted by molar-refractivity contribution is 0.200. The zero-order chi connectivity index (χ0) is 25.3. The maximum atomic E-state index is 15.2. The Kier molecular flexibility index (Phi) is 6.40. The van der Waals surface area contributed by atoms with Crippen molar-refractivity contribution in [3.05, 3.63) is 101 Å². The molecule has 186 valence electrons. The Balaban J connectivity index is 1.37. The normalized spacial score (nSPS) is 21.6. The lowest BCUT2D eigenvalue weighted by atomic mass is 9.93. The molecule has 7 nitrogen and oxygen atoms in total. The fourth-order valence-corrected chi connectivity index (χ4v) is 5.78. The highest BCUT2D eigenvalue weighted by Gasteiger charge is 2.31. The minimum Gasteiger partial charge on any atom is -0.497 e. The van der Waals surface area contributed by atoms with Crippen molar-refractivity contribution in [1.29, 1.82) is 0 Å². The molecule has 3 aliphatic rings. The summed E-state index contributed by atoms with van der Waals surface area (Å²) in [7, 11) is -0.785. The molecule has 2 aromatic carbocycles. The van der Waals surface area contributed by atoms with E-state index >= 15 is 4.39 Å². The van der Waals surface area contributed by atoms with Gasteiger partial charge in [0.1, 0.15) is 17.3 Å². The molecule has 0 saturated carbocycles. The zero-order valence-electron chi connectivity index (χ0n) is 19.8. The molecule has 0 spiro atoms. The van der Waals surface area contributed by atoms with Crippen LogP contribution in [-0.4, -0.2) is 41.1 Å². The molecule has 2 aliphatic carbocycles. The van der Waals surface area contributed by atoms with E-state index in [0.29, 0.717) is 29.1 Å². The predicted octanol–water partition coefficient (Wildman–Crippen LogP) is 4.82. The van der Waals surface area contributed by atoms with Crippen LogP contribution in [0.1, 0.15) is 12.8 Å². The molecule has 2 unspecified atom stereocenters. The number of benzene rings is 2. The number of nitrogens with one attached hydrogen (secondary N) is 1. The van der Waals surface area contributed by atoms with Crippen molar-refractivity contribution in [2.24, 2.45) is 4.99 Å². The average molecular weight is 509 g/mol. The number of halogens is 1. The molecule has 0 radical (unpaired) electrons. The fourth-order valence-electron chi connectivity index (χ4n) is 4.44. The number of nitrogens with zero attached hydrogens (tertiary/aromatic N) is 1. The molecule has 1 heterocycles. The van der Waals surface area contributed by atoms with Gasteiger partial charge in [-0.3, -0.25) is 9.71 Å². The van der Waals surface area contributed by atoms with Crippen LogP contribution >= 0.6 is 0 Å². The van der Waals surface area contributed by atoms with Gasteiger partial charge < -0.3 is 14.2 Å². The van der Waals surface area contributed by atoms with Gasteiger partial charge in [-0.2, -0.15) is 0 Å². The van der Waals surface area contributed by atoms with E-state index in [9.17, 15) is 8.42 Å². The summed E-state index contributed by atoms with van der Waals surface area (Å²) in [6.45, 7) is 0. The van der Waals surface area contributed by atoms with E-state index in [1.54, 1.807) is 50.8 Å². The van der Waals surface area contributed by atoms with E-state index in [-0.39, 0.29) is 28.8 Å². The molecule has 2 aromatic rings. The van der Waals surface area contributed by atoms with E-state index in [4.69, 9.17) is 14.2 Å².